The molecule has 3 aromatic rings. The fourth-order valence-corrected chi connectivity index (χ4v) is 4.58. The van der Waals surface area contributed by atoms with Gasteiger partial charge in [0.1, 0.15) is 17.5 Å². The molecule has 0 atom stereocenters. The van der Waals surface area contributed by atoms with E-state index in [1.807, 2.05) is 54.6 Å². The second-order valence-electron chi connectivity index (χ2n) is 7.56. The van der Waals surface area contributed by atoms with Crippen LogP contribution in [0.25, 0.3) is 6.08 Å². The summed E-state index contributed by atoms with van der Waals surface area (Å²) in [7, 11) is 0. The Morgan fingerprint density at radius 3 is 2.60 bits per heavy atom. The maximum absolute atomic E-state index is 12.6. The van der Waals surface area contributed by atoms with Gasteiger partial charge in [0.15, 0.2) is 11.5 Å². The van der Waals surface area contributed by atoms with Crippen molar-refractivity contribution in [1.29, 1.82) is 0 Å². The van der Waals surface area contributed by atoms with Gasteiger partial charge in [0.05, 0.1) is 17.2 Å². The first-order valence-corrected chi connectivity index (χ1v) is 12.0. The number of carbonyl (C=O) groups is 2. The number of rotatable bonds is 10. The zero-order valence-electron chi connectivity index (χ0n) is 18.6. The van der Waals surface area contributed by atoms with Crippen LogP contribution in [0.15, 0.2) is 77.8 Å². The predicted octanol–water partition coefficient (Wildman–Crippen LogP) is 4.57. The quantitative estimate of drug-likeness (QED) is 0.316. The zero-order valence-corrected chi connectivity index (χ0v) is 20.3. The van der Waals surface area contributed by atoms with E-state index in [0.717, 1.165) is 28.8 Å². The van der Waals surface area contributed by atoms with E-state index in [1.165, 1.54) is 5.56 Å². The number of nitrogens with zero attached hydrogens (tertiary/aromatic N) is 2. The number of carboxylic acid groups (broad SMARTS) is 1. The summed E-state index contributed by atoms with van der Waals surface area (Å²) in [4.78, 5) is 29.4. The third-order valence-electron chi connectivity index (χ3n) is 5.03. The summed E-state index contributed by atoms with van der Waals surface area (Å²) in [6.45, 7) is 0.256. The van der Waals surface area contributed by atoms with Gasteiger partial charge in [-0.05, 0) is 41.5 Å². The normalized spacial score (nSPS) is 14.4. The number of thiocarbonyl (C=S) groups is 1. The van der Waals surface area contributed by atoms with E-state index in [-0.39, 0.29) is 10.9 Å². The molecule has 7 nitrogen and oxygen atoms in total. The number of thioether (sulfide) groups is 1. The smallest absolute Gasteiger partial charge is 0.323 e. The van der Waals surface area contributed by atoms with Gasteiger partial charge in [-0.15, -0.1) is 0 Å². The first-order valence-electron chi connectivity index (χ1n) is 10.8. The molecule has 0 unspecified atom stereocenters. The molecule has 2 heterocycles. The Labute approximate surface area is 212 Å². The van der Waals surface area contributed by atoms with Crippen LogP contribution in [0.4, 0.5) is 0 Å². The highest BCUT2D eigenvalue weighted by Gasteiger charge is 2.33. The number of pyridine rings is 1. The molecule has 9 heteroatoms. The maximum Gasteiger partial charge on any atom is 0.323 e. The van der Waals surface area contributed by atoms with Gasteiger partial charge >= 0.3 is 5.97 Å². The molecule has 1 saturated heterocycles. The standard InChI is InChI=1S/C26H22N2O5S2/c29-24(30)16-28-25(31)23(35-26(28)34)15-19-9-10-21(32-13-11-18-6-2-1-3-7-18)22(14-19)33-17-20-8-4-5-12-27-20/h1-10,12,14-15H,11,13,16-17H2,(H,29,30). The van der Waals surface area contributed by atoms with Gasteiger partial charge in [-0.3, -0.25) is 19.5 Å². The molecule has 1 N–H and O–H groups in total. The van der Waals surface area contributed by atoms with E-state index in [9.17, 15) is 9.59 Å². The summed E-state index contributed by atoms with van der Waals surface area (Å²) in [5.41, 5.74) is 2.64. The largest absolute Gasteiger partial charge is 0.489 e. The molecule has 0 bridgehead atoms. The summed E-state index contributed by atoms with van der Waals surface area (Å²) in [6.07, 6.45) is 4.11. The van der Waals surface area contributed by atoms with Crippen LogP contribution < -0.4 is 9.47 Å². The molecule has 1 aliphatic rings. The Hall–Kier alpha value is -3.69. The van der Waals surface area contributed by atoms with Gasteiger partial charge in [0.25, 0.3) is 5.91 Å². The van der Waals surface area contributed by atoms with E-state index in [4.69, 9.17) is 26.8 Å². The molecule has 0 spiro atoms. The van der Waals surface area contributed by atoms with E-state index in [1.54, 1.807) is 24.4 Å². The van der Waals surface area contributed by atoms with Gasteiger partial charge in [0.2, 0.25) is 0 Å². The van der Waals surface area contributed by atoms with Crippen molar-refractivity contribution >= 4 is 46.3 Å². The van der Waals surface area contributed by atoms with Crippen LogP contribution in [-0.2, 0) is 22.6 Å². The Bertz CT molecular complexity index is 1250. The summed E-state index contributed by atoms with van der Waals surface area (Å²) in [5.74, 6) is -0.461. The molecule has 2 aromatic carbocycles. The fraction of sp³-hybridized carbons (Fsp3) is 0.154. The molecular formula is C26H22N2O5S2. The third kappa shape index (κ3) is 6.68. The van der Waals surface area contributed by atoms with Crippen molar-refractivity contribution in [3.05, 3.63) is 94.7 Å². The summed E-state index contributed by atoms with van der Waals surface area (Å²) in [5, 5.41) is 9.03. The van der Waals surface area contributed by atoms with E-state index < -0.39 is 18.4 Å². The summed E-state index contributed by atoms with van der Waals surface area (Å²) in [6, 6.07) is 21.0. The lowest BCUT2D eigenvalue weighted by atomic mass is 10.1. The van der Waals surface area contributed by atoms with Crippen molar-refractivity contribution in [3.63, 3.8) is 0 Å². The zero-order chi connectivity index (χ0) is 24.6. The first-order chi connectivity index (χ1) is 17.0. The van der Waals surface area contributed by atoms with Crippen LogP contribution in [0.3, 0.4) is 0 Å². The fourth-order valence-electron chi connectivity index (χ4n) is 3.33. The first kappa shape index (κ1) is 24.4. The molecule has 0 aliphatic carbocycles. The number of amides is 1. The Balaban J connectivity index is 1.53. The van der Waals surface area contributed by atoms with Crippen molar-refractivity contribution in [2.24, 2.45) is 0 Å². The molecule has 0 saturated carbocycles. The number of hydrogen-bond acceptors (Lipinski definition) is 7. The summed E-state index contributed by atoms with van der Waals surface area (Å²) < 4.78 is 12.3. The lowest BCUT2D eigenvalue weighted by Crippen LogP contribution is -2.33. The minimum atomic E-state index is -1.12. The number of ether oxygens (including phenoxy) is 2. The van der Waals surface area contributed by atoms with E-state index in [0.29, 0.717) is 28.6 Å². The number of carboxylic acids is 1. The van der Waals surface area contributed by atoms with Gasteiger partial charge in [-0.25, -0.2) is 0 Å². The van der Waals surface area contributed by atoms with Gasteiger partial charge in [-0.2, -0.15) is 0 Å². The van der Waals surface area contributed by atoms with Crippen LogP contribution in [0.1, 0.15) is 16.8 Å². The molecular weight excluding hydrogens is 484 g/mol. The van der Waals surface area contributed by atoms with E-state index in [2.05, 4.69) is 4.98 Å². The Morgan fingerprint density at radius 2 is 1.86 bits per heavy atom. The molecule has 178 valence electrons. The van der Waals surface area contributed by atoms with Crippen molar-refractivity contribution in [1.82, 2.24) is 9.88 Å². The van der Waals surface area contributed by atoms with Crippen LogP contribution in [0.2, 0.25) is 0 Å². The molecule has 0 radical (unpaired) electrons. The lowest BCUT2D eigenvalue weighted by molar-refractivity contribution is -0.140. The molecule has 35 heavy (non-hydrogen) atoms. The second-order valence-corrected chi connectivity index (χ2v) is 9.24. The average molecular weight is 507 g/mol. The molecule has 1 aromatic heterocycles. The maximum atomic E-state index is 12.6. The second kappa shape index (κ2) is 11.6. The average Bonchev–Trinajstić information content (AvgIpc) is 3.12. The molecule has 1 aliphatic heterocycles. The highest BCUT2D eigenvalue weighted by Crippen LogP contribution is 2.35. The topological polar surface area (TPSA) is 89.0 Å². The number of aromatic nitrogens is 1. The molecule has 1 fully saturated rings. The van der Waals surface area contributed by atoms with Crippen molar-refractivity contribution < 1.29 is 24.2 Å². The highest BCUT2D eigenvalue weighted by molar-refractivity contribution is 8.26. The lowest BCUT2D eigenvalue weighted by Gasteiger charge is -2.14. The van der Waals surface area contributed by atoms with E-state index >= 15 is 0 Å². The minimum absolute atomic E-state index is 0.219. The summed E-state index contributed by atoms with van der Waals surface area (Å²) >= 11 is 6.25. The Morgan fingerprint density at radius 1 is 1.06 bits per heavy atom. The number of benzene rings is 2. The van der Waals surface area contributed by atoms with Gasteiger partial charge in [0, 0.05) is 12.6 Å². The SMILES string of the molecule is O=C(O)CN1C(=O)C(=Cc2ccc(OCCc3ccccc3)c(OCc3ccccn3)c2)SC1=S. The van der Waals surface area contributed by atoms with Crippen LogP contribution in [0, 0.1) is 0 Å². The Kier molecular flexibility index (Phi) is 8.12. The predicted molar refractivity (Wildman–Crippen MR) is 138 cm³/mol. The molecule has 4 rings (SSSR count). The number of aliphatic carboxylic acids is 1. The van der Waals surface area contributed by atoms with Crippen LogP contribution >= 0.6 is 24.0 Å². The van der Waals surface area contributed by atoms with Crippen LogP contribution in [0.5, 0.6) is 11.5 Å². The number of hydrogen-bond donors (Lipinski definition) is 1. The van der Waals surface area contributed by atoms with Gasteiger partial charge in [-0.1, -0.05) is 66.4 Å². The minimum Gasteiger partial charge on any atom is -0.489 e. The molecule has 1 amide bonds. The van der Waals surface area contributed by atoms with Gasteiger partial charge < -0.3 is 14.6 Å². The van der Waals surface area contributed by atoms with Crippen LogP contribution in [-0.4, -0.2) is 44.3 Å². The van der Waals surface area contributed by atoms with Crippen molar-refractivity contribution in [2.75, 3.05) is 13.2 Å². The van der Waals surface area contributed by atoms with Crippen molar-refractivity contribution in [2.45, 2.75) is 13.0 Å². The monoisotopic (exact) mass is 506 g/mol. The number of carbonyl (C=O) groups excluding carboxylic acids is 1. The highest BCUT2D eigenvalue weighted by atomic mass is 32.2. The third-order valence-corrected chi connectivity index (χ3v) is 6.40. The van der Waals surface area contributed by atoms with Crippen molar-refractivity contribution in [3.8, 4) is 11.5 Å².